The Morgan fingerprint density at radius 1 is 1.17 bits per heavy atom. The van der Waals surface area contributed by atoms with Gasteiger partial charge in [0.25, 0.3) is 0 Å². The minimum Gasteiger partial charge on any atom is -0.396 e. The van der Waals surface area contributed by atoms with Crippen molar-refractivity contribution in [3.8, 4) is 10.6 Å². The van der Waals surface area contributed by atoms with Gasteiger partial charge in [-0.25, -0.2) is 4.98 Å². The fraction of sp³-hybridized carbons (Fsp3) is 0.400. The van der Waals surface area contributed by atoms with Gasteiger partial charge >= 0.3 is 0 Å². The first kappa shape index (κ1) is 11.9. The van der Waals surface area contributed by atoms with E-state index in [1.807, 2.05) is 5.38 Å². The van der Waals surface area contributed by atoms with E-state index in [0.29, 0.717) is 6.42 Å². The molecule has 1 heterocycles. The second-order valence-corrected chi connectivity index (χ2v) is 5.67. The molecule has 94 valence electrons. The molecule has 0 unspecified atom stereocenters. The fourth-order valence-electron chi connectivity index (χ4n) is 2.54. The molecule has 0 bridgehead atoms. The van der Waals surface area contributed by atoms with Gasteiger partial charge in [0, 0.05) is 24.0 Å². The Hall–Kier alpha value is -1.19. The fourth-order valence-corrected chi connectivity index (χ4v) is 3.39. The number of aryl methyl sites for hydroxylation is 2. The zero-order valence-electron chi connectivity index (χ0n) is 10.4. The molecule has 3 heteroatoms. The van der Waals surface area contributed by atoms with E-state index in [2.05, 4.69) is 23.2 Å². The number of aromatic nitrogens is 1. The van der Waals surface area contributed by atoms with Crippen molar-refractivity contribution in [1.29, 1.82) is 0 Å². The molecule has 1 aliphatic carbocycles. The van der Waals surface area contributed by atoms with Crippen molar-refractivity contribution < 1.29 is 5.11 Å². The van der Waals surface area contributed by atoms with Crippen molar-refractivity contribution >= 4 is 11.3 Å². The molecule has 1 aliphatic rings. The topological polar surface area (TPSA) is 33.1 Å². The van der Waals surface area contributed by atoms with Gasteiger partial charge in [-0.15, -0.1) is 11.3 Å². The third kappa shape index (κ3) is 2.33. The smallest absolute Gasteiger partial charge is 0.123 e. The number of nitrogens with zero attached hydrogens (tertiary/aromatic N) is 1. The minimum absolute atomic E-state index is 0.174. The molecule has 1 aromatic heterocycles. The summed E-state index contributed by atoms with van der Waals surface area (Å²) in [4.78, 5) is 4.58. The number of fused-ring (bicyclic) bond motifs is 1. The molecule has 2 aromatic rings. The first-order chi connectivity index (χ1) is 8.86. The van der Waals surface area contributed by atoms with Crippen LogP contribution in [0.5, 0.6) is 0 Å². The van der Waals surface area contributed by atoms with E-state index in [1.165, 1.54) is 42.4 Å². The summed E-state index contributed by atoms with van der Waals surface area (Å²) in [6, 6.07) is 6.75. The number of hydrogen-bond acceptors (Lipinski definition) is 3. The van der Waals surface area contributed by atoms with Crippen molar-refractivity contribution in [3.63, 3.8) is 0 Å². The van der Waals surface area contributed by atoms with Crippen LogP contribution in [-0.4, -0.2) is 16.7 Å². The molecule has 0 amide bonds. The molecule has 1 N–H and O–H groups in total. The third-order valence-electron chi connectivity index (χ3n) is 3.52. The molecule has 1 aromatic carbocycles. The van der Waals surface area contributed by atoms with Gasteiger partial charge in [-0.3, -0.25) is 0 Å². The molecule has 0 saturated heterocycles. The summed E-state index contributed by atoms with van der Waals surface area (Å²) in [7, 11) is 0. The predicted octanol–water partition coefficient (Wildman–Crippen LogP) is 3.22. The molecule has 3 rings (SSSR count). The summed E-state index contributed by atoms with van der Waals surface area (Å²) < 4.78 is 0. The van der Waals surface area contributed by atoms with E-state index in [9.17, 15) is 0 Å². The van der Waals surface area contributed by atoms with Gasteiger partial charge in [-0.1, -0.05) is 12.1 Å². The van der Waals surface area contributed by atoms with Crippen LogP contribution < -0.4 is 0 Å². The zero-order valence-corrected chi connectivity index (χ0v) is 11.2. The van der Waals surface area contributed by atoms with Crippen molar-refractivity contribution in [2.45, 2.75) is 32.1 Å². The largest absolute Gasteiger partial charge is 0.396 e. The summed E-state index contributed by atoms with van der Waals surface area (Å²) in [5.41, 5.74) is 5.23. The van der Waals surface area contributed by atoms with Crippen LogP contribution in [0.15, 0.2) is 23.6 Å². The van der Waals surface area contributed by atoms with Crippen molar-refractivity contribution in [1.82, 2.24) is 4.98 Å². The molecule has 0 saturated carbocycles. The quantitative estimate of drug-likeness (QED) is 0.918. The Kier molecular flexibility index (Phi) is 3.43. The SMILES string of the molecule is OCCc1csc(-c2ccc3c(c2)CCCC3)n1. The Balaban J connectivity index is 1.91. The van der Waals surface area contributed by atoms with Crippen LogP contribution in [0.2, 0.25) is 0 Å². The first-order valence-corrected chi connectivity index (χ1v) is 7.42. The average Bonchev–Trinajstić information content (AvgIpc) is 2.87. The number of aliphatic hydroxyl groups excluding tert-OH is 1. The van der Waals surface area contributed by atoms with Gasteiger partial charge in [0.1, 0.15) is 5.01 Å². The molecular formula is C15H17NOS. The van der Waals surface area contributed by atoms with Gasteiger partial charge in [-0.2, -0.15) is 0 Å². The highest BCUT2D eigenvalue weighted by Gasteiger charge is 2.11. The van der Waals surface area contributed by atoms with E-state index in [0.717, 1.165) is 10.7 Å². The Bertz CT molecular complexity index is 547. The van der Waals surface area contributed by atoms with Gasteiger partial charge in [0.2, 0.25) is 0 Å². The predicted molar refractivity (Wildman–Crippen MR) is 75.0 cm³/mol. The maximum absolute atomic E-state index is 8.92. The average molecular weight is 259 g/mol. The van der Waals surface area contributed by atoms with Gasteiger partial charge in [-0.05, 0) is 42.9 Å². The Morgan fingerprint density at radius 2 is 2.00 bits per heavy atom. The van der Waals surface area contributed by atoms with Crippen molar-refractivity contribution in [3.05, 3.63) is 40.4 Å². The second kappa shape index (κ2) is 5.21. The molecule has 0 fully saturated rings. The lowest BCUT2D eigenvalue weighted by Crippen LogP contribution is -2.02. The third-order valence-corrected chi connectivity index (χ3v) is 4.46. The summed E-state index contributed by atoms with van der Waals surface area (Å²) in [5, 5.41) is 12.0. The lowest BCUT2D eigenvalue weighted by molar-refractivity contribution is 0.298. The summed E-state index contributed by atoms with van der Waals surface area (Å²) >= 11 is 1.67. The van der Waals surface area contributed by atoms with Crippen molar-refractivity contribution in [2.24, 2.45) is 0 Å². The highest BCUT2D eigenvalue weighted by atomic mass is 32.1. The highest BCUT2D eigenvalue weighted by Crippen LogP contribution is 2.29. The van der Waals surface area contributed by atoms with Gasteiger partial charge in [0.15, 0.2) is 0 Å². The number of aliphatic hydroxyl groups is 1. The standard InChI is InChI=1S/C15H17NOS/c17-8-7-14-10-18-15(16-14)13-6-5-11-3-1-2-4-12(11)9-13/h5-6,9-10,17H,1-4,7-8H2. The summed E-state index contributed by atoms with van der Waals surface area (Å²) in [6.07, 6.45) is 5.72. The molecule has 2 nitrogen and oxygen atoms in total. The van der Waals surface area contributed by atoms with Crippen LogP contribution in [0.3, 0.4) is 0 Å². The number of benzene rings is 1. The van der Waals surface area contributed by atoms with E-state index >= 15 is 0 Å². The summed E-state index contributed by atoms with van der Waals surface area (Å²) in [6.45, 7) is 0.174. The maximum atomic E-state index is 8.92. The molecule has 0 atom stereocenters. The first-order valence-electron chi connectivity index (χ1n) is 6.54. The van der Waals surface area contributed by atoms with E-state index in [1.54, 1.807) is 11.3 Å². The van der Waals surface area contributed by atoms with Gasteiger partial charge in [0.05, 0.1) is 5.69 Å². The minimum atomic E-state index is 0.174. The highest BCUT2D eigenvalue weighted by molar-refractivity contribution is 7.13. The van der Waals surface area contributed by atoms with Gasteiger partial charge < -0.3 is 5.11 Å². The monoisotopic (exact) mass is 259 g/mol. The van der Waals surface area contributed by atoms with E-state index in [-0.39, 0.29) is 6.61 Å². The van der Waals surface area contributed by atoms with Crippen LogP contribution in [0.4, 0.5) is 0 Å². The van der Waals surface area contributed by atoms with Crippen LogP contribution in [0, 0.1) is 0 Å². The molecule has 0 radical (unpaired) electrons. The van der Waals surface area contributed by atoms with E-state index in [4.69, 9.17) is 5.11 Å². The lowest BCUT2D eigenvalue weighted by atomic mass is 9.90. The number of rotatable bonds is 3. The second-order valence-electron chi connectivity index (χ2n) is 4.81. The summed E-state index contributed by atoms with van der Waals surface area (Å²) in [5.74, 6) is 0. The molecule has 0 aliphatic heterocycles. The van der Waals surface area contributed by atoms with Crippen LogP contribution in [0.1, 0.15) is 29.7 Å². The van der Waals surface area contributed by atoms with Crippen molar-refractivity contribution in [2.75, 3.05) is 6.61 Å². The Labute approximate surface area is 111 Å². The van der Waals surface area contributed by atoms with Crippen LogP contribution in [-0.2, 0) is 19.3 Å². The Morgan fingerprint density at radius 3 is 2.83 bits per heavy atom. The zero-order chi connectivity index (χ0) is 12.4. The lowest BCUT2D eigenvalue weighted by Gasteiger charge is -2.15. The maximum Gasteiger partial charge on any atom is 0.123 e. The van der Waals surface area contributed by atoms with Crippen LogP contribution >= 0.6 is 11.3 Å². The molecule has 0 spiro atoms. The molecule has 18 heavy (non-hydrogen) atoms. The molecular weight excluding hydrogens is 242 g/mol. The number of thiazole rings is 1. The van der Waals surface area contributed by atoms with E-state index < -0.39 is 0 Å². The number of hydrogen-bond donors (Lipinski definition) is 1. The van der Waals surface area contributed by atoms with Crippen LogP contribution in [0.25, 0.3) is 10.6 Å². The normalized spacial score (nSPS) is 14.5.